The van der Waals surface area contributed by atoms with Gasteiger partial charge in [-0.2, -0.15) is 0 Å². The van der Waals surface area contributed by atoms with Gasteiger partial charge in [0.05, 0.1) is 23.9 Å². The molecular formula is C29H29BrN4OS. The Labute approximate surface area is 226 Å². The highest BCUT2D eigenvalue weighted by molar-refractivity contribution is 9.10. The lowest BCUT2D eigenvalue weighted by atomic mass is 9.96. The van der Waals surface area contributed by atoms with Crippen molar-refractivity contribution in [2.45, 2.75) is 45.9 Å². The van der Waals surface area contributed by atoms with Crippen LogP contribution in [0.2, 0.25) is 0 Å². The SMILES string of the molecule is Cc1cc([C@H]2[C@H](c3ccccn3)NC(=S)N2c2ccc(OC(C)C)cc2)c(C)n1-c1cccc(Br)c1. The van der Waals surface area contributed by atoms with E-state index in [0.29, 0.717) is 5.11 Å². The molecule has 2 aromatic carbocycles. The molecule has 0 amide bonds. The van der Waals surface area contributed by atoms with Crippen molar-refractivity contribution >= 4 is 38.9 Å². The van der Waals surface area contributed by atoms with Gasteiger partial charge in [0.25, 0.3) is 0 Å². The van der Waals surface area contributed by atoms with E-state index in [2.05, 4.69) is 87.0 Å². The van der Waals surface area contributed by atoms with Crippen LogP contribution in [0.15, 0.2) is 83.5 Å². The fourth-order valence-electron chi connectivity index (χ4n) is 5.01. The fourth-order valence-corrected chi connectivity index (χ4v) is 5.74. The van der Waals surface area contributed by atoms with E-state index in [1.54, 1.807) is 0 Å². The number of nitrogens with one attached hydrogen (secondary N) is 1. The zero-order valence-corrected chi connectivity index (χ0v) is 23.2. The van der Waals surface area contributed by atoms with Crippen LogP contribution in [0.4, 0.5) is 5.69 Å². The summed E-state index contributed by atoms with van der Waals surface area (Å²) in [6.07, 6.45) is 1.96. The van der Waals surface area contributed by atoms with Gasteiger partial charge < -0.3 is 19.5 Å². The predicted octanol–water partition coefficient (Wildman–Crippen LogP) is 7.22. The molecule has 3 heterocycles. The number of ether oxygens (including phenoxy) is 1. The predicted molar refractivity (Wildman–Crippen MR) is 153 cm³/mol. The molecule has 7 heteroatoms. The number of aryl methyl sites for hydroxylation is 1. The van der Waals surface area contributed by atoms with Crippen LogP contribution in [0.3, 0.4) is 0 Å². The number of halogens is 1. The van der Waals surface area contributed by atoms with Crippen LogP contribution in [-0.2, 0) is 0 Å². The molecule has 0 spiro atoms. The summed E-state index contributed by atoms with van der Waals surface area (Å²) in [5, 5.41) is 4.25. The monoisotopic (exact) mass is 560 g/mol. The molecule has 4 aromatic rings. The van der Waals surface area contributed by atoms with Crippen LogP contribution in [0, 0.1) is 13.8 Å². The van der Waals surface area contributed by atoms with Gasteiger partial charge in [-0.15, -0.1) is 0 Å². The van der Waals surface area contributed by atoms with Crippen LogP contribution in [0.5, 0.6) is 5.75 Å². The van der Waals surface area contributed by atoms with E-state index in [9.17, 15) is 0 Å². The Kier molecular flexibility index (Phi) is 6.86. The lowest BCUT2D eigenvalue weighted by Gasteiger charge is -2.28. The molecular weight excluding hydrogens is 532 g/mol. The first-order valence-corrected chi connectivity index (χ1v) is 13.3. The number of thiocarbonyl (C=S) groups is 1. The summed E-state index contributed by atoms with van der Waals surface area (Å²) < 4.78 is 9.22. The first kappa shape index (κ1) is 24.5. The molecule has 0 saturated carbocycles. The summed E-state index contributed by atoms with van der Waals surface area (Å²) in [6, 6.07) is 24.7. The molecule has 1 saturated heterocycles. The molecule has 0 unspecified atom stereocenters. The number of aromatic nitrogens is 2. The molecule has 5 rings (SSSR count). The number of rotatable bonds is 6. The standard InChI is InChI=1S/C29H29BrN4OS/c1-18(2)35-24-13-11-22(12-14-24)34-28(27(32-29(34)36)26-10-5-6-15-31-26)25-16-19(3)33(20(25)4)23-9-7-8-21(30)17-23/h5-18,27-28H,1-4H3,(H,32,36)/t27-,28-/m0/s1. The maximum Gasteiger partial charge on any atom is 0.174 e. The number of pyridine rings is 1. The molecule has 184 valence electrons. The van der Waals surface area contributed by atoms with Gasteiger partial charge in [-0.05, 0) is 106 Å². The molecule has 0 aliphatic carbocycles. The fraction of sp³-hybridized carbons (Fsp3) is 0.241. The third kappa shape index (κ3) is 4.65. The van der Waals surface area contributed by atoms with E-state index in [-0.39, 0.29) is 18.2 Å². The Morgan fingerprint density at radius 1 is 0.972 bits per heavy atom. The van der Waals surface area contributed by atoms with Gasteiger partial charge in [0, 0.05) is 33.4 Å². The molecule has 0 bridgehead atoms. The van der Waals surface area contributed by atoms with Gasteiger partial charge in [-0.25, -0.2) is 0 Å². The molecule has 1 aliphatic heterocycles. The first-order chi connectivity index (χ1) is 17.3. The minimum absolute atomic E-state index is 0.0728. The molecule has 1 aliphatic rings. The molecule has 2 aromatic heterocycles. The van der Waals surface area contributed by atoms with Gasteiger partial charge >= 0.3 is 0 Å². The Bertz CT molecular complexity index is 1380. The minimum atomic E-state index is -0.0956. The largest absolute Gasteiger partial charge is 0.491 e. The van der Waals surface area contributed by atoms with Crippen molar-refractivity contribution in [3.8, 4) is 11.4 Å². The summed E-state index contributed by atoms with van der Waals surface area (Å²) in [6.45, 7) is 8.39. The molecule has 2 atom stereocenters. The van der Waals surface area contributed by atoms with Gasteiger partial charge in [0.15, 0.2) is 5.11 Å². The molecule has 36 heavy (non-hydrogen) atoms. The Hall–Kier alpha value is -3.16. The summed E-state index contributed by atoms with van der Waals surface area (Å²) in [4.78, 5) is 6.90. The van der Waals surface area contributed by atoms with Crippen molar-refractivity contribution in [3.63, 3.8) is 0 Å². The van der Waals surface area contributed by atoms with Gasteiger partial charge in [-0.1, -0.05) is 28.1 Å². The number of hydrogen-bond acceptors (Lipinski definition) is 3. The Balaban J connectivity index is 1.63. The van der Waals surface area contributed by atoms with Gasteiger partial charge in [-0.3, -0.25) is 4.98 Å². The number of anilines is 1. The quantitative estimate of drug-likeness (QED) is 0.252. The highest BCUT2D eigenvalue weighted by Crippen LogP contribution is 2.44. The highest BCUT2D eigenvalue weighted by Gasteiger charge is 2.42. The smallest absolute Gasteiger partial charge is 0.174 e. The second-order valence-electron chi connectivity index (χ2n) is 9.30. The van der Waals surface area contributed by atoms with Crippen molar-refractivity contribution in [1.82, 2.24) is 14.9 Å². The van der Waals surface area contributed by atoms with Crippen molar-refractivity contribution in [1.29, 1.82) is 0 Å². The van der Waals surface area contributed by atoms with E-state index in [1.165, 1.54) is 17.0 Å². The average Bonchev–Trinajstić information content (AvgIpc) is 3.35. The number of benzene rings is 2. The van der Waals surface area contributed by atoms with E-state index < -0.39 is 0 Å². The third-order valence-corrected chi connectivity index (χ3v) is 7.25. The lowest BCUT2D eigenvalue weighted by Crippen LogP contribution is -2.29. The Morgan fingerprint density at radius 2 is 1.75 bits per heavy atom. The van der Waals surface area contributed by atoms with Gasteiger partial charge in [0.2, 0.25) is 0 Å². The summed E-state index contributed by atoms with van der Waals surface area (Å²) in [5.41, 5.74) is 6.64. The topological polar surface area (TPSA) is 42.3 Å². The molecule has 1 fully saturated rings. The van der Waals surface area contributed by atoms with Gasteiger partial charge in [0.1, 0.15) is 5.75 Å². The molecule has 0 radical (unpaired) electrons. The van der Waals surface area contributed by atoms with Crippen LogP contribution in [0.1, 0.15) is 48.6 Å². The zero-order valence-electron chi connectivity index (χ0n) is 20.8. The van der Waals surface area contributed by atoms with E-state index in [4.69, 9.17) is 21.9 Å². The summed E-state index contributed by atoms with van der Waals surface area (Å²) >= 11 is 9.54. The second kappa shape index (κ2) is 10.1. The Morgan fingerprint density at radius 3 is 2.42 bits per heavy atom. The van der Waals surface area contributed by atoms with Crippen molar-refractivity contribution < 1.29 is 4.74 Å². The second-order valence-corrected chi connectivity index (χ2v) is 10.6. The highest BCUT2D eigenvalue weighted by atomic mass is 79.9. The zero-order chi connectivity index (χ0) is 25.4. The van der Waals surface area contributed by atoms with Crippen molar-refractivity contribution in [2.75, 3.05) is 4.90 Å². The minimum Gasteiger partial charge on any atom is -0.491 e. The normalized spacial score (nSPS) is 17.5. The first-order valence-electron chi connectivity index (χ1n) is 12.1. The average molecular weight is 562 g/mol. The number of hydrogen-bond donors (Lipinski definition) is 1. The lowest BCUT2D eigenvalue weighted by molar-refractivity contribution is 0.242. The van der Waals surface area contributed by atoms with Crippen molar-refractivity contribution in [3.05, 3.63) is 106 Å². The van der Waals surface area contributed by atoms with E-state index in [1.807, 2.05) is 50.4 Å². The van der Waals surface area contributed by atoms with E-state index >= 15 is 0 Å². The molecule has 1 N–H and O–H groups in total. The van der Waals surface area contributed by atoms with Crippen LogP contribution < -0.4 is 15.0 Å². The number of nitrogens with zero attached hydrogens (tertiary/aromatic N) is 3. The molecule has 5 nitrogen and oxygen atoms in total. The van der Waals surface area contributed by atoms with Crippen LogP contribution >= 0.6 is 28.1 Å². The maximum absolute atomic E-state index is 5.92. The van der Waals surface area contributed by atoms with Crippen LogP contribution in [0.25, 0.3) is 5.69 Å². The van der Waals surface area contributed by atoms with E-state index in [0.717, 1.165) is 27.3 Å². The van der Waals surface area contributed by atoms with Crippen LogP contribution in [-0.4, -0.2) is 20.8 Å². The third-order valence-electron chi connectivity index (χ3n) is 6.44. The summed E-state index contributed by atoms with van der Waals surface area (Å²) in [5.74, 6) is 0.845. The summed E-state index contributed by atoms with van der Waals surface area (Å²) in [7, 11) is 0. The van der Waals surface area contributed by atoms with Crippen molar-refractivity contribution in [2.24, 2.45) is 0 Å². The maximum atomic E-state index is 5.92.